The van der Waals surface area contributed by atoms with Crippen LogP contribution in [0.2, 0.25) is 0 Å². The Bertz CT molecular complexity index is 382. The second-order valence-corrected chi connectivity index (χ2v) is 7.27. The van der Waals surface area contributed by atoms with Gasteiger partial charge in [0, 0.05) is 18.5 Å². The smallest absolute Gasteiger partial charge is 0.0707 e. The van der Waals surface area contributed by atoms with Crippen LogP contribution in [0.15, 0.2) is 30.3 Å². The third kappa shape index (κ3) is 9.62. The fourth-order valence-corrected chi connectivity index (χ4v) is 1.95. The summed E-state index contributed by atoms with van der Waals surface area (Å²) in [5, 5.41) is 3.50. The molecule has 0 unspecified atom stereocenters. The van der Waals surface area contributed by atoms with Crippen LogP contribution in [-0.2, 0) is 16.0 Å². The minimum atomic E-state index is -0.0872. The Morgan fingerprint density at radius 1 is 0.952 bits per heavy atom. The number of hydrogen-bond donors (Lipinski definition) is 1. The molecule has 0 spiro atoms. The Hall–Kier alpha value is -0.900. The van der Waals surface area contributed by atoms with E-state index in [0.717, 1.165) is 19.7 Å². The van der Waals surface area contributed by atoms with E-state index in [-0.39, 0.29) is 11.0 Å². The SMILES string of the molecule is CC(C)(CNCc1ccccc1)COCCOC(C)(C)C. The molecule has 0 saturated heterocycles. The van der Waals surface area contributed by atoms with Crippen LogP contribution >= 0.6 is 0 Å². The van der Waals surface area contributed by atoms with Gasteiger partial charge in [0.25, 0.3) is 0 Å². The normalized spacial score (nSPS) is 12.6. The zero-order valence-corrected chi connectivity index (χ0v) is 14.2. The fraction of sp³-hybridized carbons (Fsp3) is 0.667. The van der Waals surface area contributed by atoms with E-state index in [2.05, 4.69) is 64.2 Å². The largest absolute Gasteiger partial charge is 0.378 e. The Morgan fingerprint density at radius 2 is 1.62 bits per heavy atom. The first-order valence-electron chi connectivity index (χ1n) is 7.75. The van der Waals surface area contributed by atoms with Crippen molar-refractivity contribution in [2.45, 2.75) is 46.8 Å². The summed E-state index contributed by atoms with van der Waals surface area (Å²) in [7, 11) is 0. The van der Waals surface area contributed by atoms with Crippen LogP contribution in [0.3, 0.4) is 0 Å². The minimum absolute atomic E-state index is 0.0872. The molecule has 0 fully saturated rings. The molecule has 1 aromatic rings. The van der Waals surface area contributed by atoms with E-state index in [1.165, 1.54) is 5.56 Å². The highest BCUT2D eigenvalue weighted by Gasteiger charge is 2.18. The van der Waals surface area contributed by atoms with E-state index in [0.29, 0.717) is 13.2 Å². The summed E-state index contributed by atoms with van der Waals surface area (Å²) in [6, 6.07) is 10.5. The minimum Gasteiger partial charge on any atom is -0.378 e. The molecule has 3 heteroatoms. The fourth-order valence-electron chi connectivity index (χ4n) is 1.95. The van der Waals surface area contributed by atoms with Crippen molar-refractivity contribution in [3.63, 3.8) is 0 Å². The molecule has 120 valence electrons. The van der Waals surface area contributed by atoms with Crippen molar-refractivity contribution in [2.75, 3.05) is 26.4 Å². The Balaban J connectivity index is 2.12. The highest BCUT2D eigenvalue weighted by atomic mass is 16.5. The van der Waals surface area contributed by atoms with Gasteiger partial charge in [0.2, 0.25) is 0 Å². The van der Waals surface area contributed by atoms with Gasteiger partial charge < -0.3 is 14.8 Å². The van der Waals surface area contributed by atoms with Crippen molar-refractivity contribution in [3.8, 4) is 0 Å². The van der Waals surface area contributed by atoms with Crippen LogP contribution in [0, 0.1) is 5.41 Å². The molecule has 0 saturated carbocycles. The molecule has 1 aromatic carbocycles. The first-order valence-corrected chi connectivity index (χ1v) is 7.75. The maximum atomic E-state index is 5.73. The van der Waals surface area contributed by atoms with Gasteiger partial charge in [0.05, 0.1) is 25.4 Å². The van der Waals surface area contributed by atoms with Gasteiger partial charge in [-0.05, 0) is 26.3 Å². The summed E-state index contributed by atoms with van der Waals surface area (Å²) < 4.78 is 11.4. The van der Waals surface area contributed by atoms with Gasteiger partial charge in [-0.2, -0.15) is 0 Å². The van der Waals surface area contributed by atoms with Gasteiger partial charge in [-0.15, -0.1) is 0 Å². The summed E-state index contributed by atoms with van der Waals surface area (Å²) in [5.41, 5.74) is 1.35. The van der Waals surface area contributed by atoms with Crippen molar-refractivity contribution in [1.29, 1.82) is 0 Å². The lowest BCUT2D eigenvalue weighted by Crippen LogP contribution is -2.33. The summed E-state index contributed by atoms with van der Waals surface area (Å²) in [5.74, 6) is 0. The Kier molecular flexibility index (Phi) is 7.36. The molecule has 1 N–H and O–H groups in total. The maximum Gasteiger partial charge on any atom is 0.0707 e. The molecule has 0 bridgehead atoms. The monoisotopic (exact) mass is 293 g/mol. The number of nitrogens with one attached hydrogen (secondary N) is 1. The topological polar surface area (TPSA) is 30.5 Å². The van der Waals surface area contributed by atoms with E-state index in [4.69, 9.17) is 9.47 Å². The van der Waals surface area contributed by atoms with E-state index < -0.39 is 0 Å². The van der Waals surface area contributed by atoms with Gasteiger partial charge in [-0.25, -0.2) is 0 Å². The van der Waals surface area contributed by atoms with Gasteiger partial charge in [-0.3, -0.25) is 0 Å². The number of benzene rings is 1. The van der Waals surface area contributed by atoms with Crippen LogP contribution in [0.5, 0.6) is 0 Å². The molecule has 0 heterocycles. The van der Waals surface area contributed by atoms with Crippen molar-refractivity contribution >= 4 is 0 Å². The van der Waals surface area contributed by atoms with Crippen molar-refractivity contribution in [1.82, 2.24) is 5.32 Å². The van der Waals surface area contributed by atoms with Crippen LogP contribution in [0.1, 0.15) is 40.2 Å². The van der Waals surface area contributed by atoms with Crippen LogP contribution in [-0.4, -0.2) is 32.0 Å². The molecule has 21 heavy (non-hydrogen) atoms. The van der Waals surface area contributed by atoms with Crippen molar-refractivity contribution in [3.05, 3.63) is 35.9 Å². The van der Waals surface area contributed by atoms with Crippen LogP contribution < -0.4 is 5.32 Å². The van der Waals surface area contributed by atoms with E-state index in [1.807, 2.05) is 6.07 Å². The zero-order chi connectivity index (χ0) is 15.8. The second-order valence-electron chi connectivity index (χ2n) is 7.27. The lowest BCUT2D eigenvalue weighted by molar-refractivity contribution is -0.0452. The molecule has 0 aromatic heterocycles. The average Bonchev–Trinajstić information content (AvgIpc) is 2.38. The zero-order valence-electron chi connectivity index (χ0n) is 14.2. The lowest BCUT2D eigenvalue weighted by Gasteiger charge is -2.25. The Labute approximate surface area is 130 Å². The number of hydrogen-bond acceptors (Lipinski definition) is 3. The number of ether oxygens (including phenoxy) is 2. The molecule has 0 aliphatic carbocycles. The highest BCUT2D eigenvalue weighted by molar-refractivity contribution is 5.14. The average molecular weight is 293 g/mol. The summed E-state index contributed by atoms with van der Waals surface area (Å²) >= 11 is 0. The van der Waals surface area contributed by atoms with Crippen LogP contribution in [0.25, 0.3) is 0 Å². The third-order valence-electron chi connectivity index (χ3n) is 3.03. The summed E-state index contributed by atoms with van der Waals surface area (Å²) in [6.45, 7) is 14.5. The molecule has 0 atom stereocenters. The van der Waals surface area contributed by atoms with Crippen molar-refractivity contribution < 1.29 is 9.47 Å². The molecule has 0 aliphatic heterocycles. The van der Waals surface area contributed by atoms with Gasteiger partial charge in [0.15, 0.2) is 0 Å². The lowest BCUT2D eigenvalue weighted by atomic mass is 9.95. The summed E-state index contributed by atoms with van der Waals surface area (Å²) in [4.78, 5) is 0. The van der Waals surface area contributed by atoms with E-state index >= 15 is 0 Å². The molecule has 0 amide bonds. The second kappa shape index (κ2) is 8.52. The number of rotatable bonds is 9. The quantitative estimate of drug-likeness (QED) is 0.705. The van der Waals surface area contributed by atoms with Crippen LogP contribution in [0.4, 0.5) is 0 Å². The molecule has 0 radical (unpaired) electrons. The van der Waals surface area contributed by atoms with Gasteiger partial charge >= 0.3 is 0 Å². The third-order valence-corrected chi connectivity index (χ3v) is 3.03. The predicted octanol–water partition coefficient (Wildman–Crippen LogP) is 3.63. The van der Waals surface area contributed by atoms with Gasteiger partial charge in [-0.1, -0.05) is 44.2 Å². The van der Waals surface area contributed by atoms with E-state index in [9.17, 15) is 0 Å². The first kappa shape index (κ1) is 18.1. The Morgan fingerprint density at radius 3 is 2.24 bits per heavy atom. The molecule has 1 rings (SSSR count). The molecular weight excluding hydrogens is 262 g/mol. The maximum absolute atomic E-state index is 5.73. The predicted molar refractivity (Wildman–Crippen MR) is 88.5 cm³/mol. The van der Waals surface area contributed by atoms with Gasteiger partial charge in [0.1, 0.15) is 0 Å². The first-order chi connectivity index (χ1) is 9.79. The summed E-state index contributed by atoms with van der Waals surface area (Å²) in [6.07, 6.45) is 0. The highest BCUT2D eigenvalue weighted by Crippen LogP contribution is 2.14. The standard InChI is InChI=1S/C18H31NO2/c1-17(2,3)21-12-11-20-15-18(4,5)14-19-13-16-9-7-6-8-10-16/h6-10,19H,11-15H2,1-5H3. The van der Waals surface area contributed by atoms with E-state index in [1.54, 1.807) is 0 Å². The molecule has 3 nitrogen and oxygen atoms in total. The van der Waals surface area contributed by atoms with Crippen molar-refractivity contribution in [2.24, 2.45) is 5.41 Å². The molecule has 0 aliphatic rings. The molecular formula is C18H31NO2.